The summed E-state index contributed by atoms with van der Waals surface area (Å²) >= 11 is 6.12. The highest BCUT2D eigenvalue weighted by atomic mass is 35.5. The molecule has 28 heavy (non-hydrogen) atoms. The Morgan fingerprint density at radius 3 is 2.18 bits per heavy atom. The van der Waals surface area contributed by atoms with Gasteiger partial charge in [-0.15, -0.1) is 0 Å². The summed E-state index contributed by atoms with van der Waals surface area (Å²) in [6, 6.07) is 23.4. The van der Waals surface area contributed by atoms with Crippen molar-refractivity contribution in [1.82, 2.24) is 5.32 Å². The number of carbonyl (C=O) groups is 2. The molecule has 0 aromatic heterocycles. The monoisotopic (exact) mass is 394 g/mol. The summed E-state index contributed by atoms with van der Waals surface area (Å²) in [5.74, 6) is 0.375. The highest BCUT2D eigenvalue weighted by Gasteiger charge is 2.11. The van der Waals surface area contributed by atoms with Crippen molar-refractivity contribution in [2.24, 2.45) is 0 Å². The van der Waals surface area contributed by atoms with Crippen LogP contribution in [-0.2, 0) is 16.0 Å². The number of amides is 2. The molecule has 0 atom stereocenters. The first-order valence-electron chi connectivity index (χ1n) is 8.74. The van der Waals surface area contributed by atoms with Crippen LogP contribution in [0.5, 0.6) is 11.5 Å². The standard InChI is InChI=1S/C22H19ClN2O3/c23-17-10-4-6-12-19(17)28-20-13-7-5-11-18(20)25-22(27)15-24-21(26)14-16-8-2-1-3-9-16/h1-13H,14-15H2,(H,24,26)(H,25,27). The molecule has 0 saturated carbocycles. The van der Waals surface area contributed by atoms with Crippen LogP contribution in [0.4, 0.5) is 5.69 Å². The highest BCUT2D eigenvalue weighted by Crippen LogP contribution is 2.33. The van der Waals surface area contributed by atoms with Gasteiger partial charge in [0.05, 0.1) is 23.7 Å². The van der Waals surface area contributed by atoms with E-state index >= 15 is 0 Å². The third kappa shape index (κ3) is 5.59. The Hall–Kier alpha value is -3.31. The van der Waals surface area contributed by atoms with Crippen LogP contribution < -0.4 is 15.4 Å². The van der Waals surface area contributed by atoms with Gasteiger partial charge in [0.15, 0.2) is 5.75 Å². The number of hydrogen-bond acceptors (Lipinski definition) is 3. The number of anilines is 1. The Morgan fingerprint density at radius 1 is 0.786 bits per heavy atom. The molecule has 0 aliphatic carbocycles. The van der Waals surface area contributed by atoms with Crippen LogP contribution in [0.3, 0.4) is 0 Å². The van der Waals surface area contributed by atoms with Gasteiger partial charge in [0.25, 0.3) is 0 Å². The Labute approximate surface area is 168 Å². The van der Waals surface area contributed by atoms with Gasteiger partial charge in [-0.05, 0) is 29.8 Å². The summed E-state index contributed by atoms with van der Waals surface area (Å²) in [5, 5.41) is 5.83. The number of halogens is 1. The van der Waals surface area contributed by atoms with Crippen molar-refractivity contribution in [1.29, 1.82) is 0 Å². The lowest BCUT2D eigenvalue weighted by Crippen LogP contribution is -2.33. The maximum atomic E-state index is 12.2. The number of benzene rings is 3. The Morgan fingerprint density at radius 2 is 1.43 bits per heavy atom. The van der Waals surface area contributed by atoms with E-state index in [0.717, 1.165) is 5.56 Å². The summed E-state index contributed by atoms with van der Waals surface area (Å²) in [6.07, 6.45) is 0.223. The predicted molar refractivity (Wildman–Crippen MR) is 110 cm³/mol. The molecular formula is C22H19ClN2O3. The first-order valence-corrected chi connectivity index (χ1v) is 9.11. The minimum atomic E-state index is -0.350. The Bertz CT molecular complexity index is 961. The van der Waals surface area contributed by atoms with Gasteiger partial charge in [0.1, 0.15) is 5.75 Å². The average Bonchev–Trinajstić information content (AvgIpc) is 2.70. The first-order chi connectivity index (χ1) is 13.6. The van der Waals surface area contributed by atoms with Gasteiger partial charge in [-0.2, -0.15) is 0 Å². The maximum Gasteiger partial charge on any atom is 0.243 e. The fourth-order valence-corrected chi connectivity index (χ4v) is 2.70. The molecule has 6 heteroatoms. The summed E-state index contributed by atoms with van der Waals surface area (Å²) in [6.45, 7) is -0.133. The second-order valence-corrected chi connectivity index (χ2v) is 6.42. The quantitative estimate of drug-likeness (QED) is 0.623. The summed E-state index contributed by atoms with van der Waals surface area (Å²) < 4.78 is 5.81. The fourth-order valence-electron chi connectivity index (χ4n) is 2.52. The average molecular weight is 395 g/mol. The number of para-hydroxylation sites is 3. The number of carbonyl (C=O) groups excluding carboxylic acids is 2. The van der Waals surface area contributed by atoms with Gasteiger partial charge in [0.2, 0.25) is 11.8 Å². The summed E-state index contributed by atoms with van der Waals surface area (Å²) in [5.41, 5.74) is 1.38. The van der Waals surface area contributed by atoms with E-state index in [-0.39, 0.29) is 24.8 Å². The number of hydrogen-bond donors (Lipinski definition) is 2. The van der Waals surface area contributed by atoms with Crippen LogP contribution in [0.15, 0.2) is 78.9 Å². The number of nitrogens with one attached hydrogen (secondary N) is 2. The zero-order valence-corrected chi connectivity index (χ0v) is 15.8. The van der Waals surface area contributed by atoms with Crippen molar-refractivity contribution in [3.63, 3.8) is 0 Å². The predicted octanol–water partition coefficient (Wildman–Crippen LogP) is 4.43. The van der Waals surface area contributed by atoms with Crippen LogP contribution in [-0.4, -0.2) is 18.4 Å². The van der Waals surface area contributed by atoms with Gasteiger partial charge in [0, 0.05) is 0 Å². The van der Waals surface area contributed by atoms with Gasteiger partial charge in [-0.1, -0.05) is 66.2 Å². The number of ether oxygens (including phenoxy) is 1. The first kappa shape index (κ1) is 19.5. The molecule has 2 amide bonds. The molecule has 0 radical (unpaired) electrons. The third-order valence-electron chi connectivity index (χ3n) is 3.87. The van der Waals surface area contributed by atoms with Crippen LogP contribution in [0, 0.1) is 0 Å². The normalized spacial score (nSPS) is 10.2. The van der Waals surface area contributed by atoms with Crippen molar-refractivity contribution in [2.45, 2.75) is 6.42 Å². The third-order valence-corrected chi connectivity index (χ3v) is 4.18. The Balaban J connectivity index is 1.57. The van der Waals surface area contributed by atoms with Gasteiger partial charge in [-0.25, -0.2) is 0 Å². The van der Waals surface area contributed by atoms with Crippen LogP contribution in [0.1, 0.15) is 5.56 Å². The molecule has 0 spiro atoms. The van der Waals surface area contributed by atoms with E-state index in [4.69, 9.17) is 16.3 Å². The second-order valence-electron chi connectivity index (χ2n) is 6.02. The zero-order chi connectivity index (χ0) is 19.8. The zero-order valence-electron chi connectivity index (χ0n) is 15.0. The van der Waals surface area contributed by atoms with Crippen LogP contribution in [0.25, 0.3) is 0 Å². The second kappa shape index (κ2) is 9.58. The van der Waals surface area contributed by atoms with Crippen LogP contribution in [0.2, 0.25) is 5.02 Å². The van der Waals surface area contributed by atoms with Gasteiger partial charge < -0.3 is 15.4 Å². The molecule has 0 saturated heterocycles. The van der Waals surface area contributed by atoms with Crippen molar-refractivity contribution < 1.29 is 14.3 Å². The van der Waals surface area contributed by atoms with Gasteiger partial charge in [-0.3, -0.25) is 9.59 Å². The van der Waals surface area contributed by atoms with E-state index in [1.54, 1.807) is 42.5 Å². The molecule has 0 heterocycles. The molecule has 2 N–H and O–H groups in total. The van der Waals surface area contributed by atoms with E-state index in [1.807, 2.05) is 36.4 Å². The summed E-state index contributed by atoms with van der Waals surface area (Å²) in [7, 11) is 0. The molecule has 0 bridgehead atoms. The van der Waals surface area contributed by atoms with Gasteiger partial charge >= 0.3 is 0 Å². The SMILES string of the molecule is O=C(Cc1ccccc1)NCC(=O)Nc1ccccc1Oc1ccccc1Cl. The molecular weight excluding hydrogens is 376 g/mol. The smallest absolute Gasteiger partial charge is 0.243 e. The fraction of sp³-hybridized carbons (Fsp3) is 0.0909. The minimum Gasteiger partial charge on any atom is -0.454 e. The van der Waals surface area contributed by atoms with E-state index in [1.165, 1.54) is 0 Å². The van der Waals surface area contributed by atoms with E-state index < -0.39 is 0 Å². The molecule has 3 aromatic carbocycles. The molecule has 0 fully saturated rings. The summed E-state index contributed by atoms with van der Waals surface area (Å²) in [4.78, 5) is 24.2. The lowest BCUT2D eigenvalue weighted by atomic mass is 10.1. The molecule has 0 aliphatic heterocycles. The molecule has 5 nitrogen and oxygen atoms in total. The lowest BCUT2D eigenvalue weighted by Gasteiger charge is -2.13. The van der Waals surface area contributed by atoms with Crippen molar-refractivity contribution in [2.75, 3.05) is 11.9 Å². The Kier molecular flexibility index (Phi) is 6.65. The number of rotatable bonds is 7. The van der Waals surface area contributed by atoms with E-state index in [9.17, 15) is 9.59 Å². The van der Waals surface area contributed by atoms with Crippen LogP contribution >= 0.6 is 11.6 Å². The molecule has 0 aliphatic rings. The van der Waals surface area contributed by atoms with Crippen molar-refractivity contribution >= 4 is 29.1 Å². The van der Waals surface area contributed by atoms with E-state index in [0.29, 0.717) is 22.2 Å². The molecule has 0 unspecified atom stereocenters. The van der Waals surface area contributed by atoms with E-state index in [2.05, 4.69) is 10.6 Å². The van der Waals surface area contributed by atoms with Crippen molar-refractivity contribution in [3.8, 4) is 11.5 Å². The molecule has 3 rings (SSSR count). The largest absolute Gasteiger partial charge is 0.454 e. The molecule has 142 valence electrons. The molecule has 3 aromatic rings. The highest BCUT2D eigenvalue weighted by molar-refractivity contribution is 6.32. The lowest BCUT2D eigenvalue weighted by molar-refractivity contribution is -0.123. The van der Waals surface area contributed by atoms with Crippen molar-refractivity contribution in [3.05, 3.63) is 89.4 Å². The maximum absolute atomic E-state index is 12.2. The minimum absolute atomic E-state index is 0.133. The topological polar surface area (TPSA) is 67.4 Å².